The van der Waals surface area contributed by atoms with Crippen LogP contribution in [0, 0.1) is 6.92 Å². The maximum atomic E-state index is 13.1. The highest BCUT2D eigenvalue weighted by Gasteiger charge is 2.56. The number of alkyl halides is 4. The molecule has 1 aliphatic rings. The van der Waals surface area contributed by atoms with Crippen LogP contribution in [0.2, 0.25) is 0 Å². The third-order valence-electron chi connectivity index (χ3n) is 3.29. The standard InChI is InChI=1S/C10H12F4N4O3S/c1-5-7(4-15-17(5)2)22(20,21)18-10(19,9(13)14)3-6(16-18)8(11)12/h4,8-9,19H,3H2,1-2H3/t10-/m0/s1. The zero-order valence-electron chi connectivity index (χ0n) is 11.4. The Bertz CT molecular complexity index is 718. The van der Waals surface area contributed by atoms with Crippen LogP contribution in [0.3, 0.4) is 0 Å². The van der Waals surface area contributed by atoms with E-state index in [1.807, 2.05) is 0 Å². The monoisotopic (exact) mass is 344 g/mol. The fraction of sp³-hybridized carbons (Fsp3) is 0.600. The van der Waals surface area contributed by atoms with E-state index in [0.717, 1.165) is 10.9 Å². The zero-order valence-corrected chi connectivity index (χ0v) is 12.2. The number of rotatable bonds is 4. The van der Waals surface area contributed by atoms with Crippen molar-refractivity contribution in [3.05, 3.63) is 11.9 Å². The predicted octanol–water partition coefficient (Wildman–Crippen LogP) is 0.698. The molecule has 0 unspecified atom stereocenters. The first-order chi connectivity index (χ1) is 10.0. The lowest BCUT2D eigenvalue weighted by Crippen LogP contribution is -2.51. The summed E-state index contributed by atoms with van der Waals surface area (Å²) in [6.45, 7) is 1.34. The molecule has 0 aromatic carbocycles. The van der Waals surface area contributed by atoms with E-state index in [9.17, 15) is 31.1 Å². The van der Waals surface area contributed by atoms with Crippen LogP contribution in [0.1, 0.15) is 12.1 Å². The highest BCUT2D eigenvalue weighted by molar-refractivity contribution is 7.89. The predicted molar refractivity (Wildman–Crippen MR) is 66.0 cm³/mol. The first-order valence-corrected chi connectivity index (χ1v) is 7.36. The summed E-state index contributed by atoms with van der Waals surface area (Å²) in [5.41, 5.74) is -4.40. The highest BCUT2D eigenvalue weighted by Crippen LogP contribution is 2.37. The minimum atomic E-state index is -4.77. The molecule has 2 heterocycles. The van der Waals surface area contributed by atoms with Crippen molar-refractivity contribution in [2.75, 3.05) is 0 Å². The van der Waals surface area contributed by atoms with Crippen LogP contribution in [-0.4, -0.2) is 52.0 Å². The second kappa shape index (κ2) is 5.19. The normalized spacial score (nSPS) is 22.8. The topological polar surface area (TPSA) is 87.8 Å². The highest BCUT2D eigenvalue weighted by atomic mass is 32.2. The Kier molecular flexibility index (Phi) is 3.94. The molecule has 0 fully saturated rings. The van der Waals surface area contributed by atoms with Gasteiger partial charge in [0, 0.05) is 13.5 Å². The van der Waals surface area contributed by atoms with Crippen LogP contribution in [0.15, 0.2) is 16.2 Å². The molecule has 0 radical (unpaired) electrons. The van der Waals surface area contributed by atoms with Gasteiger partial charge >= 0.3 is 0 Å². The number of aromatic nitrogens is 2. The van der Waals surface area contributed by atoms with Crippen molar-refractivity contribution in [3.63, 3.8) is 0 Å². The summed E-state index contributed by atoms with van der Waals surface area (Å²) in [7, 11) is -3.36. The van der Waals surface area contributed by atoms with Crippen LogP contribution in [0.5, 0.6) is 0 Å². The van der Waals surface area contributed by atoms with Gasteiger partial charge < -0.3 is 5.11 Å². The summed E-state index contributed by atoms with van der Waals surface area (Å²) >= 11 is 0. The van der Waals surface area contributed by atoms with Crippen molar-refractivity contribution < 1.29 is 31.1 Å². The van der Waals surface area contributed by atoms with Gasteiger partial charge in [-0.1, -0.05) is 0 Å². The van der Waals surface area contributed by atoms with Crippen LogP contribution in [0.25, 0.3) is 0 Å². The lowest BCUT2D eigenvalue weighted by molar-refractivity contribution is -0.150. The first-order valence-electron chi connectivity index (χ1n) is 5.92. The molecule has 2 rings (SSSR count). The number of aliphatic hydroxyl groups is 1. The second-order valence-corrected chi connectivity index (χ2v) is 6.45. The summed E-state index contributed by atoms with van der Waals surface area (Å²) < 4.78 is 77.0. The van der Waals surface area contributed by atoms with Gasteiger partial charge in [-0.05, 0) is 6.92 Å². The summed E-state index contributed by atoms with van der Waals surface area (Å²) in [5.74, 6) is 0. The fourth-order valence-electron chi connectivity index (χ4n) is 1.94. The summed E-state index contributed by atoms with van der Waals surface area (Å²) in [5, 5.41) is 16.5. The maximum Gasteiger partial charge on any atom is 0.288 e. The Balaban J connectivity index is 2.58. The number of aryl methyl sites for hydroxylation is 1. The minimum absolute atomic E-state index is 0.0808. The lowest BCUT2D eigenvalue weighted by Gasteiger charge is -2.30. The van der Waals surface area contributed by atoms with E-state index in [4.69, 9.17) is 0 Å². The molecule has 1 aromatic rings. The molecule has 7 nitrogen and oxygen atoms in total. The molecule has 1 aromatic heterocycles. The Labute approximate surface area is 122 Å². The van der Waals surface area contributed by atoms with E-state index in [1.54, 1.807) is 0 Å². The summed E-state index contributed by atoms with van der Waals surface area (Å²) in [6, 6.07) is 0. The third kappa shape index (κ3) is 2.35. The quantitative estimate of drug-likeness (QED) is 0.815. The molecule has 1 N–H and O–H groups in total. The maximum absolute atomic E-state index is 13.1. The van der Waals surface area contributed by atoms with Crippen molar-refractivity contribution in [1.82, 2.24) is 14.2 Å². The van der Waals surface area contributed by atoms with Gasteiger partial charge in [-0.3, -0.25) is 4.68 Å². The van der Waals surface area contributed by atoms with Gasteiger partial charge in [0.05, 0.1) is 11.9 Å². The first kappa shape index (κ1) is 16.7. The molecule has 12 heteroatoms. The van der Waals surface area contributed by atoms with E-state index >= 15 is 0 Å². The van der Waals surface area contributed by atoms with E-state index in [1.165, 1.54) is 14.0 Å². The Morgan fingerprint density at radius 1 is 1.36 bits per heavy atom. The smallest absolute Gasteiger partial charge is 0.288 e. The molecule has 1 atom stereocenters. The summed E-state index contributed by atoms with van der Waals surface area (Å²) in [6.07, 6.45) is -7.30. The molecular weight excluding hydrogens is 332 g/mol. The molecule has 0 aliphatic carbocycles. The van der Waals surface area contributed by atoms with Crippen molar-refractivity contribution in [3.8, 4) is 0 Å². The summed E-state index contributed by atoms with van der Waals surface area (Å²) in [4.78, 5) is -0.506. The third-order valence-corrected chi connectivity index (χ3v) is 5.10. The Morgan fingerprint density at radius 3 is 2.36 bits per heavy atom. The van der Waals surface area contributed by atoms with E-state index in [-0.39, 0.29) is 10.1 Å². The number of nitrogens with zero attached hydrogens (tertiary/aromatic N) is 4. The molecule has 0 spiro atoms. The molecule has 0 saturated heterocycles. The zero-order chi connectivity index (χ0) is 16.9. The molecular formula is C10H12F4N4O3S. The van der Waals surface area contributed by atoms with E-state index in [2.05, 4.69) is 10.2 Å². The van der Waals surface area contributed by atoms with Crippen LogP contribution in [0.4, 0.5) is 17.6 Å². The minimum Gasteiger partial charge on any atom is -0.364 e. The van der Waals surface area contributed by atoms with Gasteiger partial charge in [-0.15, -0.1) is 4.41 Å². The number of halogens is 4. The molecule has 0 saturated carbocycles. The fourth-order valence-corrected chi connectivity index (χ4v) is 3.59. The van der Waals surface area contributed by atoms with Gasteiger partial charge in [-0.25, -0.2) is 17.6 Å². The molecule has 1 aliphatic heterocycles. The second-order valence-electron chi connectivity index (χ2n) is 4.71. The van der Waals surface area contributed by atoms with Crippen molar-refractivity contribution in [1.29, 1.82) is 0 Å². The van der Waals surface area contributed by atoms with Crippen molar-refractivity contribution in [2.24, 2.45) is 12.1 Å². The van der Waals surface area contributed by atoms with E-state index in [0.29, 0.717) is 0 Å². The Morgan fingerprint density at radius 2 is 1.95 bits per heavy atom. The largest absolute Gasteiger partial charge is 0.364 e. The number of hydrazone groups is 1. The van der Waals surface area contributed by atoms with Crippen molar-refractivity contribution >= 4 is 15.7 Å². The van der Waals surface area contributed by atoms with Crippen LogP contribution in [-0.2, 0) is 17.1 Å². The lowest BCUT2D eigenvalue weighted by atomic mass is 10.1. The molecule has 22 heavy (non-hydrogen) atoms. The van der Waals surface area contributed by atoms with Crippen molar-refractivity contribution in [2.45, 2.75) is 36.8 Å². The van der Waals surface area contributed by atoms with Crippen LogP contribution >= 0.6 is 0 Å². The van der Waals surface area contributed by atoms with Gasteiger partial charge in [-0.2, -0.15) is 18.6 Å². The molecule has 124 valence electrons. The van der Waals surface area contributed by atoms with E-state index < -0.39 is 45.6 Å². The number of hydrogen-bond donors (Lipinski definition) is 1. The van der Waals surface area contributed by atoms with Gasteiger partial charge in [0.1, 0.15) is 10.6 Å². The van der Waals surface area contributed by atoms with Gasteiger partial charge in [0.25, 0.3) is 22.9 Å². The average molecular weight is 344 g/mol. The Hall–Kier alpha value is -1.69. The van der Waals surface area contributed by atoms with Gasteiger partial charge in [0.15, 0.2) is 0 Å². The SMILES string of the molecule is Cc1c(S(=O)(=O)N2N=C(C(F)F)C[C@]2(O)C(F)F)cnn1C. The average Bonchev–Trinajstić information content (AvgIpc) is 2.93. The van der Waals surface area contributed by atoms with Crippen LogP contribution < -0.4 is 0 Å². The van der Waals surface area contributed by atoms with Gasteiger partial charge in [0.2, 0.25) is 5.72 Å². The number of sulfonamides is 1. The number of hydrogen-bond acceptors (Lipinski definition) is 5. The molecule has 0 amide bonds. The molecule has 0 bridgehead atoms.